The number of anilines is 2. The number of aromatic nitrogens is 2. The quantitative estimate of drug-likeness (QED) is 0.351. The molecule has 0 radical (unpaired) electrons. The number of allylic oxidation sites excluding steroid dienone is 2. The fourth-order valence-electron chi connectivity index (χ4n) is 3.18. The zero-order valence-electron chi connectivity index (χ0n) is 17.9. The number of benzene rings is 2. The summed E-state index contributed by atoms with van der Waals surface area (Å²) in [6.45, 7) is 5.63. The number of fused-ring (bicyclic) bond motifs is 1. The number of amides is 3. The number of thioether (sulfide) groups is 1. The molecule has 164 valence electrons. The van der Waals surface area contributed by atoms with Gasteiger partial charge in [0.05, 0.1) is 17.6 Å². The van der Waals surface area contributed by atoms with Crippen molar-refractivity contribution in [2.24, 2.45) is 5.73 Å². The van der Waals surface area contributed by atoms with E-state index in [4.69, 9.17) is 5.73 Å². The Kier molecular flexibility index (Phi) is 7.51. The topological polar surface area (TPSA) is 113 Å². The minimum atomic E-state index is -0.612. The van der Waals surface area contributed by atoms with Crippen LogP contribution >= 0.6 is 11.8 Å². The van der Waals surface area contributed by atoms with Gasteiger partial charge in [0.2, 0.25) is 5.91 Å². The number of aromatic amines is 1. The molecule has 3 aromatic rings. The third-order valence-electron chi connectivity index (χ3n) is 4.70. The zero-order valence-corrected chi connectivity index (χ0v) is 18.8. The summed E-state index contributed by atoms with van der Waals surface area (Å²) in [5.41, 5.74) is 9.96. The highest BCUT2D eigenvalue weighted by Crippen LogP contribution is 2.27. The Bertz CT molecular complexity index is 1230. The van der Waals surface area contributed by atoms with Crippen molar-refractivity contribution in [3.8, 4) is 0 Å². The predicted octanol–water partition coefficient (Wildman–Crippen LogP) is 5.29. The van der Waals surface area contributed by atoms with Crippen molar-refractivity contribution in [3.63, 3.8) is 0 Å². The number of urea groups is 1. The average molecular weight is 448 g/mol. The molecule has 8 heteroatoms. The average Bonchev–Trinajstić information content (AvgIpc) is 3.13. The number of rotatable bonds is 8. The second kappa shape index (κ2) is 10.5. The van der Waals surface area contributed by atoms with Crippen LogP contribution in [0, 0.1) is 6.92 Å². The van der Waals surface area contributed by atoms with E-state index in [1.54, 1.807) is 12.1 Å². The summed E-state index contributed by atoms with van der Waals surface area (Å²) in [4.78, 5) is 24.5. The Balaban J connectivity index is 1.83. The Morgan fingerprint density at radius 3 is 2.75 bits per heavy atom. The molecule has 0 fully saturated rings. The monoisotopic (exact) mass is 447 g/mol. The second-order valence-corrected chi connectivity index (χ2v) is 8.00. The highest BCUT2D eigenvalue weighted by Gasteiger charge is 2.11. The lowest BCUT2D eigenvalue weighted by Crippen LogP contribution is -2.19. The highest BCUT2D eigenvalue weighted by atomic mass is 32.2. The van der Waals surface area contributed by atoms with Gasteiger partial charge in [-0.1, -0.05) is 36.9 Å². The molecule has 0 bridgehead atoms. The number of hydrogen-bond acceptors (Lipinski definition) is 4. The number of nitrogens with one attached hydrogen (secondary N) is 3. The summed E-state index contributed by atoms with van der Waals surface area (Å²) in [5, 5.41) is 13.9. The van der Waals surface area contributed by atoms with E-state index in [-0.39, 0.29) is 5.91 Å². The molecule has 32 heavy (non-hydrogen) atoms. The van der Waals surface area contributed by atoms with Crippen LogP contribution in [-0.4, -0.2) is 28.4 Å². The standard InChI is InChI=1S/C24H25N5O2S/c1-4-6-18(32-3)13-23(30)27-21-14-19-20(28-29-22(19)11-15(21)2)10-9-16-7-5-8-17(12-16)26-24(25)31/h4-12,14H,1,13H2,2-3H3,(H,27,30)(H,28,29)(H3,25,26,31)/b10-9+,18-6-. The van der Waals surface area contributed by atoms with Crippen LogP contribution in [-0.2, 0) is 4.79 Å². The lowest BCUT2D eigenvalue weighted by molar-refractivity contribution is -0.115. The number of nitrogens with zero attached hydrogens (tertiary/aromatic N) is 1. The maximum absolute atomic E-state index is 12.5. The summed E-state index contributed by atoms with van der Waals surface area (Å²) in [7, 11) is 0. The van der Waals surface area contributed by atoms with Gasteiger partial charge in [0, 0.05) is 16.8 Å². The second-order valence-electron chi connectivity index (χ2n) is 7.07. The smallest absolute Gasteiger partial charge is 0.316 e. The molecule has 2 aromatic carbocycles. The van der Waals surface area contributed by atoms with Crippen LogP contribution in [0.15, 0.2) is 60.0 Å². The van der Waals surface area contributed by atoms with Gasteiger partial charge < -0.3 is 16.4 Å². The molecule has 0 spiro atoms. The summed E-state index contributed by atoms with van der Waals surface area (Å²) in [6, 6.07) is 10.6. The van der Waals surface area contributed by atoms with Crippen LogP contribution in [0.2, 0.25) is 0 Å². The molecule has 7 nitrogen and oxygen atoms in total. The largest absolute Gasteiger partial charge is 0.351 e. The fraction of sp³-hybridized carbons (Fsp3) is 0.125. The van der Waals surface area contributed by atoms with Crippen molar-refractivity contribution in [2.75, 3.05) is 16.9 Å². The minimum absolute atomic E-state index is 0.0887. The third kappa shape index (κ3) is 5.89. The zero-order chi connectivity index (χ0) is 23.1. The maximum atomic E-state index is 12.5. The molecular formula is C24H25N5O2S. The Labute approximate surface area is 190 Å². The van der Waals surface area contributed by atoms with Gasteiger partial charge in [-0.05, 0) is 59.6 Å². The fourth-order valence-corrected chi connectivity index (χ4v) is 3.68. The van der Waals surface area contributed by atoms with Gasteiger partial charge in [-0.3, -0.25) is 9.89 Å². The Morgan fingerprint density at radius 1 is 1.22 bits per heavy atom. The van der Waals surface area contributed by atoms with Crippen molar-refractivity contribution in [1.82, 2.24) is 10.2 Å². The van der Waals surface area contributed by atoms with E-state index >= 15 is 0 Å². The molecule has 1 heterocycles. The minimum Gasteiger partial charge on any atom is -0.351 e. The van der Waals surface area contributed by atoms with E-state index in [0.29, 0.717) is 12.1 Å². The van der Waals surface area contributed by atoms with Gasteiger partial charge in [-0.25, -0.2) is 4.79 Å². The van der Waals surface area contributed by atoms with Crippen LogP contribution in [0.3, 0.4) is 0 Å². The van der Waals surface area contributed by atoms with Crippen LogP contribution in [0.5, 0.6) is 0 Å². The first-order valence-corrected chi connectivity index (χ1v) is 11.1. The van der Waals surface area contributed by atoms with Crippen LogP contribution in [0.1, 0.15) is 23.2 Å². The van der Waals surface area contributed by atoms with Gasteiger partial charge in [-0.2, -0.15) is 5.10 Å². The predicted molar refractivity (Wildman–Crippen MR) is 134 cm³/mol. The van der Waals surface area contributed by atoms with E-state index in [2.05, 4.69) is 27.4 Å². The van der Waals surface area contributed by atoms with Crippen molar-refractivity contribution in [1.29, 1.82) is 0 Å². The van der Waals surface area contributed by atoms with Gasteiger partial charge in [0.1, 0.15) is 0 Å². The first-order chi connectivity index (χ1) is 15.4. The summed E-state index contributed by atoms with van der Waals surface area (Å²) >= 11 is 1.53. The van der Waals surface area contributed by atoms with Gasteiger partial charge in [0.15, 0.2) is 0 Å². The SMILES string of the molecule is C=C/C=C(/CC(=O)Nc1cc2c(/C=C/c3cccc(NC(N)=O)c3)n[nH]c2cc1C)SC. The lowest BCUT2D eigenvalue weighted by Gasteiger charge is -2.10. The number of aryl methyl sites for hydroxylation is 1. The summed E-state index contributed by atoms with van der Waals surface area (Å²) in [5.74, 6) is -0.0887. The molecule has 0 atom stereocenters. The molecule has 0 aliphatic heterocycles. The molecule has 5 N–H and O–H groups in total. The number of carbonyl (C=O) groups excluding carboxylic acids is 2. The number of H-pyrrole nitrogens is 1. The molecule has 0 aliphatic carbocycles. The molecule has 0 saturated heterocycles. The summed E-state index contributed by atoms with van der Waals surface area (Å²) < 4.78 is 0. The normalized spacial score (nSPS) is 11.6. The van der Waals surface area contributed by atoms with Gasteiger partial charge in [0.25, 0.3) is 0 Å². The van der Waals surface area contributed by atoms with E-state index < -0.39 is 6.03 Å². The number of carbonyl (C=O) groups is 2. The summed E-state index contributed by atoms with van der Waals surface area (Å²) in [6.07, 6.45) is 9.52. The third-order valence-corrected chi connectivity index (χ3v) is 5.50. The van der Waals surface area contributed by atoms with E-state index in [9.17, 15) is 9.59 Å². The first-order valence-electron chi connectivity index (χ1n) is 9.88. The van der Waals surface area contributed by atoms with Crippen molar-refractivity contribution >= 4 is 58.1 Å². The maximum Gasteiger partial charge on any atom is 0.316 e. The lowest BCUT2D eigenvalue weighted by atomic mass is 10.1. The van der Waals surface area contributed by atoms with Crippen LogP contribution in [0.25, 0.3) is 23.1 Å². The van der Waals surface area contributed by atoms with E-state index in [1.165, 1.54) is 11.8 Å². The molecule has 0 saturated carbocycles. The van der Waals surface area contributed by atoms with Crippen LogP contribution in [0.4, 0.5) is 16.2 Å². The van der Waals surface area contributed by atoms with Crippen molar-refractivity contribution in [3.05, 3.63) is 76.9 Å². The van der Waals surface area contributed by atoms with Gasteiger partial charge in [-0.15, -0.1) is 11.8 Å². The number of primary amides is 1. The molecule has 3 rings (SSSR count). The van der Waals surface area contributed by atoms with Crippen molar-refractivity contribution < 1.29 is 9.59 Å². The van der Waals surface area contributed by atoms with Gasteiger partial charge >= 0.3 is 6.03 Å². The molecule has 0 aliphatic rings. The Hall–Kier alpha value is -3.78. The Morgan fingerprint density at radius 2 is 2.03 bits per heavy atom. The van der Waals surface area contributed by atoms with Crippen LogP contribution < -0.4 is 16.4 Å². The molecular weight excluding hydrogens is 422 g/mol. The molecule has 1 aromatic heterocycles. The number of nitrogens with two attached hydrogens (primary N) is 1. The highest BCUT2D eigenvalue weighted by molar-refractivity contribution is 8.02. The number of hydrogen-bond donors (Lipinski definition) is 4. The molecule has 3 amide bonds. The van der Waals surface area contributed by atoms with E-state index in [0.717, 1.165) is 38.3 Å². The molecule has 0 unspecified atom stereocenters. The first kappa shape index (κ1) is 22.9. The van der Waals surface area contributed by atoms with Crippen molar-refractivity contribution in [2.45, 2.75) is 13.3 Å². The van der Waals surface area contributed by atoms with E-state index in [1.807, 2.05) is 61.7 Å².